The largest absolute Gasteiger partial charge is 0.508 e. The van der Waals surface area contributed by atoms with Crippen LogP contribution in [0.15, 0.2) is 24.3 Å². The molecule has 0 aliphatic heterocycles. The lowest BCUT2D eigenvalue weighted by molar-refractivity contribution is -0.142. The number of nitrogens with one attached hydrogen (secondary N) is 3. The van der Waals surface area contributed by atoms with Crippen LogP contribution in [0.4, 0.5) is 0 Å². The first kappa shape index (κ1) is 26.8. The predicted molar refractivity (Wildman–Crippen MR) is 110 cm³/mol. The summed E-state index contributed by atoms with van der Waals surface area (Å²) >= 11 is 0. The first-order valence-electron chi connectivity index (χ1n) is 9.52. The summed E-state index contributed by atoms with van der Waals surface area (Å²) in [6.07, 6.45) is -1.48. The van der Waals surface area contributed by atoms with Crippen molar-refractivity contribution in [1.82, 2.24) is 16.0 Å². The predicted octanol–water partition coefficient (Wildman–Crippen LogP) is -3.22. The van der Waals surface area contributed by atoms with Crippen LogP contribution >= 0.6 is 0 Å². The number of amides is 4. The Morgan fingerprint density at radius 3 is 2.00 bits per heavy atom. The second-order valence-electron chi connectivity index (χ2n) is 6.98. The first-order valence-corrected chi connectivity index (χ1v) is 9.52. The SMILES string of the molecule is NC(=O)CC(NC(=O)CNC(=O)C(N)CC(=O)O)C(=O)NC(Cc1ccc(O)cc1)C(=O)O. The van der Waals surface area contributed by atoms with Crippen molar-refractivity contribution in [3.63, 3.8) is 0 Å². The van der Waals surface area contributed by atoms with E-state index in [9.17, 15) is 39.0 Å². The molecule has 1 aromatic carbocycles. The van der Waals surface area contributed by atoms with Crippen LogP contribution in [-0.2, 0) is 35.2 Å². The highest BCUT2D eigenvalue weighted by atomic mass is 16.4. The highest BCUT2D eigenvalue weighted by Crippen LogP contribution is 2.11. The fourth-order valence-electron chi connectivity index (χ4n) is 2.58. The second-order valence-corrected chi connectivity index (χ2v) is 6.98. The van der Waals surface area contributed by atoms with Gasteiger partial charge in [0.2, 0.25) is 23.6 Å². The molecule has 1 rings (SSSR count). The molecule has 33 heavy (non-hydrogen) atoms. The van der Waals surface area contributed by atoms with Gasteiger partial charge in [-0.3, -0.25) is 24.0 Å². The number of carboxylic acid groups (broad SMARTS) is 2. The molecular formula is C19H25N5O9. The molecule has 0 bridgehead atoms. The zero-order valence-corrected chi connectivity index (χ0v) is 17.3. The molecule has 3 unspecified atom stereocenters. The molecule has 0 spiro atoms. The van der Waals surface area contributed by atoms with E-state index in [1.54, 1.807) is 0 Å². The van der Waals surface area contributed by atoms with Gasteiger partial charge in [0, 0.05) is 6.42 Å². The van der Waals surface area contributed by atoms with Crippen LogP contribution in [0, 0.1) is 0 Å². The summed E-state index contributed by atoms with van der Waals surface area (Å²) < 4.78 is 0. The summed E-state index contributed by atoms with van der Waals surface area (Å²) in [5.74, 6) is -6.58. The van der Waals surface area contributed by atoms with Crippen LogP contribution < -0.4 is 27.4 Å². The van der Waals surface area contributed by atoms with Crippen molar-refractivity contribution >= 4 is 35.6 Å². The van der Waals surface area contributed by atoms with Crippen LogP contribution in [0.5, 0.6) is 5.75 Å². The molecule has 0 heterocycles. The summed E-state index contributed by atoms with van der Waals surface area (Å²) in [5, 5.41) is 33.7. The first-order chi connectivity index (χ1) is 15.4. The number of carbonyl (C=O) groups is 6. The van der Waals surface area contributed by atoms with E-state index in [1.165, 1.54) is 24.3 Å². The number of phenolic OH excluding ortho intramolecular Hbond substituents is 1. The number of primary amides is 1. The standard InChI is InChI=1S/C19H25N5O9/c20-11(6-16(28)29)17(30)22-8-15(27)23-12(7-14(21)26)18(31)24-13(19(32)33)5-9-1-3-10(25)4-2-9/h1-4,11-13,25H,5-8,20H2,(H2,21,26)(H,22,30)(H,23,27)(H,24,31)(H,28,29)(H,32,33). The Labute approximate surface area is 187 Å². The summed E-state index contributed by atoms with van der Waals surface area (Å²) in [6.45, 7) is -0.690. The van der Waals surface area contributed by atoms with Gasteiger partial charge in [-0.05, 0) is 17.7 Å². The molecule has 14 nitrogen and oxygen atoms in total. The summed E-state index contributed by atoms with van der Waals surface area (Å²) in [4.78, 5) is 69.7. The third-order valence-corrected chi connectivity index (χ3v) is 4.20. The normalized spacial score (nSPS) is 13.1. The third kappa shape index (κ3) is 10.1. The number of nitrogens with two attached hydrogens (primary N) is 2. The van der Waals surface area contributed by atoms with Crippen LogP contribution in [-0.4, -0.2) is 75.6 Å². The van der Waals surface area contributed by atoms with Crippen molar-refractivity contribution < 1.29 is 44.1 Å². The zero-order chi connectivity index (χ0) is 25.1. The summed E-state index contributed by atoms with van der Waals surface area (Å²) in [6, 6.07) is 1.21. The fourth-order valence-corrected chi connectivity index (χ4v) is 2.58. The number of aliphatic carboxylic acids is 2. The molecule has 180 valence electrons. The molecule has 0 fully saturated rings. The lowest BCUT2D eigenvalue weighted by Gasteiger charge is -2.21. The molecule has 1 aromatic rings. The second kappa shape index (κ2) is 12.6. The average molecular weight is 467 g/mol. The molecule has 0 radical (unpaired) electrons. The number of carbonyl (C=O) groups excluding carboxylic acids is 4. The van der Waals surface area contributed by atoms with E-state index in [2.05, 4.69) is 16.0 Å². The number of hydrogen-bond donors (Lipinski definition) is 8. The van der Waals surface area contributed by atoms with Crippen LogP contribution in [0.2, 0.25) is 0 Å². The molecular weight excluding hydrogens is 442 g/mol. The van der Waals surface area contributed by atoms with Crippen molar-refractivity contribution in [2.75, 3.05) is 6.54 Å². The Kier molecular flexibility index (Phi) is 10.3. The maximum absolute atomic E-state index is 12.5. The number of carboxylic acids is 2. The van der Waals surface area contributed by atoms with E-state index in [-0.39, 0.29) is 12.2 Å². The molecule has 4 amide bonds. The van der Waals surface area contributed by atoms with Crippen molar-refractivity contribution in [1.29, 1.82) is 0 Å². The molecule has 0 aliphatic rings. The summed E-state index contributed by atoms with van der Waals surface area (Å²) in [5.41, 5.74) is 10.9. The minimum absolute atomic E-state index is 0.0325. The van der Waals surface area contributed by atoms with Crippen LogP contribution in [0.3, 0.4) is 0 Å². The van der Waals surface area contributed by atoms with Gasteiger partial charge >= 0.3 is 11.9 Å². The quantitative estimate of drug-likeness (QED) is 0.144. The minimum Gasteiger partial charge on any atom is -0.508 e. The lowest BCUT2D eigenvalue weighted by atomic mass is 10.0. The van der Waals surface area contributed by atoms with Gasteiger partial charge in [-0.2, -0.15) is 0 Å². The molecule has 0 aliphatic carbocycles. The minimum atomic E-state index is -1.54. The van der Waals surface area contributed by atoms with Gasteiger partial charge in [0.1, 0.15) is 17.8 Å². The van der Waals surface area contributed by atoms with Crippen LogP contribution in [0.1, 0.15) is 18.4 Å². The van der Waals surface area contributed by atoms with Crippen molar-refractivity contribution in [2.45, 2.75) is 37.4 Å². The zero-order valence-electron chi connectivity index (χ0n) is 17.3. The summed E-state index contributed by atoms with van der Waals surface area (Å²) in [7, 11) is 0. The number of phenols is 1. The van der Waals surface area contributed by atoms with E-state index < -0.39 is 73.1 Å². The van der Waals surface area contributed by atoms with Gasteiger partial charge < -0.3 is 42.7 Å². The van der Waals surface area contributed by atoms with E-state index in [0.29, 0.717) is 5.56 Å². The molecule has 0 aromatic heterocycles. The van der Waals surface area contributed by atoms with Gasteiger partial charge in [-0.25, -0.2) is 4.79 Å². The number of rotatable bonds is 13. The van der Waals surface area contributed by atoms with Gasteiger partial charge in [0.25, 0.3) is 0 Å². The van der Waals surface area contributed by atoms with E-state index in [4.69, 9.17) is 16.6 Å². The van der Waals surface area contributed by atoms with Gasteiger partial charge in [-0.15, -0.1) is 0 Å². The van der Waals surface area contributed by atoms with Gasteiger partial charge in [-0.1, -0.05) is 12.1 Å². The third-order valence-electron chi connectivity index (χ3n) is 4.20. The van der Waals surface area contributed by atoms with E-state index in [1.807, 2.05) is 0 Å². The topological polar surface area (TPSA) is 251 Å². The van der Waals surface area contributed by atoms with E-state index in [0.717, 1.165) is 0 Å². The number of aromatic hydroxyl groups is 1. The van der Waals surface area contributed by atoms with Crippen LogP contribution in [0.25, 0.3) is 0 Å². The number of benzene rings is 1. The van der Waals surface area contributed by atoms with E-state index >= 15 is 0 Å². The Morgan fingerprint density at radius 1 is 0.879 bits per heavy atom. The lowest BCUT2D eigenvalue weighted by Crippen LogP contribution is -2.55. The highest BCUT2D eigenvalue weighted by molar-refractivity contribution is 5.95. The Bertz CT molecular complexity index is 903. The Hall–Kier alpha value is -4.20. The monoisotopic (exact) mass is 467 g/mol. The van der Waals surface area contributed by atoms with Gasteiger partial charge in [0.05, 0.1) is 25.4 Å². The average Bonchev–Trinajstić information content (AvgIpc) is 2.71. The highest BCUT2D eigenvalue weighted by Gasteiger charge is 2.28. The fraction of sp³-hybridized carbons (Fsp3) is 0.368. The molecule has 0 saturated carbocycles. The smallest absolute Gasteiger partial charge is 0.326 e. The van der Waals surface area contributed by atoms with Gasteiger partial charge in [0.15, 0.2) is 0 Å². The Balaban J connectivity index is 2.77. The van der Waals surface area contributed by atoms with Crippen molar-refractivity contribution in [2.24, 2.45) is 11.5 Å². The molecule has 0 saturated heterocycles. The number of hydrogen-bond acceptors (Lipinski definition) is 8. The maximum Gasteiger partial charge on any atom is 0.326 e. The maximum atomic E-state index is 12.5. The van der Waals surface area contributed by atoms with Crippen molar-refractivity contribution in [3.8, 4) is 5.75 Å². The molecule has 3 atom stereocenters. The Morgan fingerprint density at radius 2 is 1.48 bits per heavy atom. The van der Waals surface area contributed by atoms with Crippen molar-refractivity contribution in [3.05, 3.63) is 29.8 Å². The molecule has 10 N–H and O–H groups in total. The molecule has 14 heteroatoms.